The molecule has 0 unspecified atom stereocenters. The molecule has 0 saturated carbocycles. The Balaban J connectivity index is 2.07. The van der Waals surface area contributed by atoms with E-state index in [0.717, 1.165) is 11.3 Å². The summed E-state index contributed by atoms with van der Waals surface area (Å²) in [6.07, 6.45) is 0. The Hall–Kier alpha value is -2.29. The van der Waals surface area contributed by atoms with E-state index in [2.05, 4.69) is 4.98 Å². The summed E-state index contributed by atoms with van der Waals surface area (Å²) >= 11 is 12.8. The first-order chi connectivity index (χ1) is 14.0. The Bertz CT molecular complexity index is 1150. The van der Waals surface area contributed by atoms with Crippen LogP contribution in [0.2, 0.25) is 10.0 Å². The number of carbonyl (C=O) groups is 1. The molecule has 10 heteroatoms. The van der Waals surface area contributed by atoms with Gasteiger partial charge >= 0.3 is 0 Å². The van der Waals surface area contributed by atoms with Crippen LogP contribution < -0.4 is 4.90 Å². The van der Waals surface area contributed by atoms with Gasteiger partial charge in [-0.05, 0) is 45.0 Å². The highest BCUT2D eigenvalue weighted by atomic mass is 35.5. The van der Waals surface area contributed by atoms with Gasteiger partial charge in [-0.2, -0.15) is 4.39 Å². The number of hydrogen-bond acceptors (Lipinski definition) is 4. The number of phenols is 1. The standard InChI is InChI=1S/C20H15Cl2F3N2O2S/c1-8(2)27(10-4-5-12(21)13(22)6-10)20(29)18-9(3)26-19(30-18)11-7-14(23)16(25)17(28)15(11)24/h4-8,28H,1-3H3. The third-order valence-corrected chi connectivity index (χ3v) is 6.19. The zero-order valence-corrected chi connectivity index (χ0v) is 18.3. The normalized spacial score (nSPS) is 11.2. The van der Waals surface area contributed by atoms with E-state index in [4.69, 9.17) is 23.2 Å². The Kier molecular flexibility index (Phi) is 6.31. The van der Waals surface area contributed by atoms with E-state index in [-0.39, 0.29) is 26.6 Å². The van der Waals surface area contributed by atoms with Gasteiger partial charge in [0, 0.05) is 11.7 Å². The van der Waals surface area contributed by atoms with Crippen molar-refractivity contribution in [2.45, 2.75) is 26.8 Å². The maximum absolute atomic E-state index is 14.3. The molecule has 1 amide bonds. The van der Waals surface area contributed by atoms with E-state index in [1.54, 1.807) is 32.0 Å². The summed E-state index contributed by atoms with van der Waals surface area (Å²) in [5, 5.41) is 10.00. The SMILES string of the molecule is Cc1nc(-c2cc(F)c(F)c(O)c2F)sc1C(=O)N(c1ccc(Cl)c(Cl)c1)C(C)C. The average molecular weight is 475 g/mol. The predicted molar refractivity (Wildman–Crippen MR) is 112 cm³/mol. The lowest BCUT2D eigenvalue weighted by Gasteiger charge is -2.27. The van der Waals surface area contributed by atoms with Crippen LogP contribution in [-0.4, -0.2) is 22.0 Å². The van der Waals surface area contributed by atoms with Crippen molar-refractivity contribution >= 4 is 46.1 Å². The molecule has 0 atom stereocenters. The Morgan fingerprint density at radius 2 is 1.80 bits per heavy atom. The first-order valence-electron chi connectivity index (χ1n) is 8.65. The van der Waals surface area contributed by atoms with Crippen molar-refractivity contribution in [1.29, 1.82) is 0 Å². The van der Waals surface area contributed by atoms with Gasteiger partial charge in [-0.25, -0.2) is 13.8 Å². The fourth-order valence-corrected chi connectivity index (χ4v) is 4.16. The second-order valence-corrected chi connectivity index (χ2v) is 8.50. The van der Waals surface area contributed by atoms with E-state index < -0.39 is 34.7 Å². The van der Waals surface area contributed by atoms with Crippen LogP contribution in [0.25, 0.3) is 10.6 Å². The van der Waals surface area contributed by atoms with Gasteiger partial charge in [-0.15, -0.1) is 11.3 Å². The number of hydrogen-bond donors (Lipinski definition) is 1. The van der Waals surface area contributed by atoms with Gasteiger partial charge in [0.1, 0.15) is 9.88 Å². The van der Waals surface area contributed by atoms with Gasteiger partial charge in [0.15, 0.2) is 17.4 Å². The van der Waals surface area contributed by atoms with Crippen molar-refractivity contribution in [2.24, 2.45) is 0 Å². The molecule has 4 nitrogen and oxygen atoms in total. The maximum Gasteiger partial charge on any atom is 0.270 e. The minimum atomic E-state index is -1.69. The molecular weight excluding hydrogens is 460 g/mol. The van der Waals surface area contributed by atoms with Crippen LogP contribution in [-0.2, 0) is 0 Å². The molecule has 1 aromatic heterocycles. The van der Waals surface area contributed by atoms with Gasteiger partial charge in [0.2, 0.25) is 5.82 Å². The summed E-state index contributed by atoms with van der Waals surface area (Å²) < 4.78 is 41.3. The first kappa shape index (κ1) is 22.4. The third kappa shape index (κ3) is 3.99. The highest BCUT2D eigenvalue weighted by Crippen LogP contribution is 2.37. The molecule has 30 heavy (non-hydrogen) atoms. The molecule has 0 aliphatic carbocycles. The first-order valence-corrected chi connectivity index (χ1v) is 10.2. The van der Waals surface area contributed by atoms with E-state index >= 15 is 0 Å². The lowest BCUT2D eigenvalue weighted by molar-refractivity contribution is 0.0983. The number of carbonyl (C=O) groups excluding carboxylic acids is 1. The molecule has 1 N–H and O–H groups in total. The quantitative estimate of drug-likeness (QED) is 0.433. The molecule has 1 heterocycles. The summed E-state index contributed by atoms with van der Waals surface area (Å²) in [5.41, 5.74) is 0.328. The Labute approximate surface area is 184 Å². The highest BCUT2D eigenvalue weighted by Gasteiger charge is 2.28. The summed E-state index contributed by atoms with van der Waals surface area (Å²) in [5.74, 6) is -6.34. The van der Waals surface area contributed by atoms with Crippen molar-refractivity contribution < 1.29 is 23.1 Å². The van der Waals surface area contributed by atoms with Crippen LogP contribution in [0.4, 0.5) is 18.9 Å². The van der Waals surface area contributed by atoms with E-state index in [1.165, 1.54) is 11.8 Å². The molecule has 0 aliphatic heterocycles. The number of nitrogens with zero attached hydrogens (tertiary/aromatic N) is 2. The average Bonchev–Trinajstić information content (AvgIpc) is 3.07. The maximum atomic E-state index is 14.3. The van der Waals surface area contributed by atoms with Crippen LogP contribution >= 0.6 is 34.5 Å². The van der Waals surface area contributed by atoms with Crippen molar-refractivity contribution in [2.75, 3.05) is 4.90 Å². The van der Waals surface area contributed by atoms with E-state index in [9.17, 15) is 23.1 Å². The van der Waals surface area contributed by atoms with Crippen LogP contribution in [0, 0.1) is 24.4 Å². The predicted octanol–water partition coefficient (Wildman–Crippen LogP) is 6.60. The summed E-state index contributed by atoms with van der Waals surface area (Å²) in [6.45, 7) is 5.13. The lowest BCUT2D eigenvalue weighted by atomic mass is 10.2. The van der Waals surface area contributed by atoms with Gasteiger partial charge < -0.3 is 10.0 Å². The van der Waals surface area contributed by atoms with Crippen molar-refractivity contribution in [3.63, 3.8) is 0 Å². The number of rotatable bonds is 4. The molecule has 3 aromatic rings. The van der Waals surface area contributed by atoms with Crippen molar-refractivity contribution in [1.82, 2.24) is 4.98 Å². The Morgan fingerprint density at radius 1 is 1.13 bits per heavy atom. The second-order valence-electron chi connectivity index (χ2n) is 6.68. The summed E-state index contributed by atoms with van der Waals surface area (Å²) in [7, 11) is 0. The fourth-order valence-electron chi connectivity index (χ4n) is 2.85. The topological polar surface area (TPSA) is 53.4 Å². The van der Waals surface area contributed by atoms with Gasteiger partial charge in [0.05, 0.1) is 21.3 Å². The number of thiazole rings is 1. The van der Waals surface area contributed by atoms with Crippen molar-refractivity contribution in [3.05, 3.63) is 62.3 Å². The molecule has 0 saturated heterocycles. The zero-order valence-electron chi connectivity index (χ0n) is 15.9. The molecule has 3 rings (SSSR count). The molecule has 0 bridgehead atoms. The zero-order chi connectivity index (χ0) is 22.3. The summed E-state index contributed by atoms with van der Waals surface area (Å²) in [4.78, 5) is 19.0. The highest BCUT2D eigenvalue weighted by molar-refractivity contribution is 7.17. The number of aromatic nitrogens is 1. The lowest BCUT2D eigenvalue weighted by Crippen LogP contribution is -2.37. The molecule has 0 spiro atoms. The minimum Gasteiger partial charge on any atom is -0.503 e. The van der Waals surface area contributed by atoms with Gasteiger partial charge in [-0.1, -0.05) is 23.2 Å². The number of phenolic OH excluding ortho intramolecular Hbond substituents is 1. The largest absolute Gasteiger partial charge is 0.503 e. The number of aromatic hydroxyl groups is 1. The molecule has 2 aromatic carbocycles. The van der Waals surface area contributed by atoms with Crippen LogP contribution in [0.3, 0.4) is 0 Å². The van der Waals surface area contributed by atoms with Crippen LogP contribution in [0.1, 0.15) is 29.2 Å². The minimum absolute atomic E-state index is 0.0691. The smallest absolute Gasteiger partial charge is 0.270 e. The monoisotopic (exact) mass is 474 g/mol. The number of halogens is 5. The fraction of sp³-hybridized carbons (Fsp3) is 0.200. The number of aryl methyl sites for hydroxylation is 1. The number of anilines is 1. The van der Waals surface area contributed by atoms with Crippen LogP contribution in [0.5, 0.6) is 5.75 Å². The third-order valence-electron chi connectivity index (χ3n) is 4.27. The number of benzene rings is 2. The molecule has 0 fully saturated rings. The second kappa shape index (κ2) is 8.45. The van der Waals surface area contributed by atoms with Crippen LogP contribution in [0.15, 0.2) is 24.3 Å². The van der Waals surface area contributed by atoms with E-state index in [1.807, 2.05) is 0 Å². The molecule has 0 aliphatic rings. The van der Waals surface area contributed by atoms with Gasteiger partial charge in [-0.3, -0.25) is 4.79 Å². The molecule has 0 radical (unpaired) electrons. The Morgan fingerprint density at radius 3 is 2.40 bits per heavy atom. The summed E-state index contributed by atoms with van der Waals surface area (Å²) in [6, 6.07) is 5.06. The molecule has 158 valence electrons. The van der Waals surface area contributed by atoms with E-state index in [0.29, 0.717) is 16.8 Å². The van der Waals surface area contributed by atoms with Gasteiger partial charge in [0.25, 0.3) is 5.91 Å². The number of amides is 1. The molecular formula is C20H15Cl2F3N2O2S. The van der Waals surface area contributed by atoms with Crippen molar-refractivity contribution in [3.8, 4) is 16.3 Å².